The minimum absolute atomic E-state index is 0.115. The maximum absolute atomic E-state index is 13.5. The molecule has 1 N–H and O–H groups in total. The Morgan fingerprint density at radius 1 is 1.25 bits per heavy atom. The van der Waals surface area contributed by atoms with Crippen molar-refractivity contribution in [2.45, 2.75) is 45.3 Å². The van der Waals surface area contributed by atoms with Gasteiger partial charge in [-0.15, -0.1) is 0 Å². The zero-order chi connectivity index (χ0) is 14.4. The lowest BCUT2D eigenvalue weighted by atomic mass is 10.1. The number of hydrogen-bond donors (Lipinski definition) is 1. The molecule has 20 heavy (non-hydrogen) atoms. The summed E-state index contributed by atoms with van der Waals surface area (Å²) in [6, 6.07) is 7.59. The fourth-order valence-electron chi connectivity index (χ4n) is 2.30. The topological polar surface area (TPSA) is 42.7 Å². The van der Waals surface area contributed by atoms with Gasteiger partial charge in [0, 0.05) is 12.1 Å². The molecule has 2 aromatic rings. The van der Waals surface area contributed by atoms with Crippen LogP contribution in [0.4, 0.5) is 4.39 Å². The molecule has 0 spiro atoms. The third-order valence-electron chi connectivity index (χ3n) is 3.30. The van der Waals surface area contributed by atoms with Crippen molar-refractivity contribution in [1.82, 2.24) is 20.1 Å². The Bertz CT molecular complexity index is 512. The molecule has 0 aliphatic carbocycles. The van der Waals surface area contributed by atoms with Crippen molar-refractivity contribution in [1.29, 1.82) is 0 Å². The van der Waals surface area contributed by atoms with Gasteiger partial charge in [0.2, 0.25) is 0 Å². The van der Waals surface area contributed by atoms with Crippen LogP contribution in [-0.2, 0) is 13.0 Å². The van der Waals surface area contributed by atoms with E-state index in [2.05, 4.69) is 29.2 Å². The van der Waals surface area contributed by atoms with Crippen molar-refractivity contribution >= 4 is 0 Å². The van der Waals surface area contributed by atoms with Crippen LogP contribution in [0.2, 0.25) is 0 Å². The van der Waals surface area contributed by atoms with Crippen LogP contribution in [0.15, 0.2) is 36.9 Å². The SMILES string of the molecule is C[C@H](Cn1cncn1)N[C@@H](C)CCc1ccccc1F. The first-order chi connectivity index (χ1) is 9.65. The number of nitrogens with one attached hydrogen (secondary N) is 1. The van der Waals surface area contributed by atoms with E-state index in [-0.39, 0.29) is 5.82 Å². The third-order valence-corrected chi connectivity index (χ3v) is 3.30. The number of aromatic nitrogens is 3. The first-order valence-corrected chi connectivity index (χ1v) is 6.97. The van der Waals surface area contributed by atoms with Crippen molar-refractivity contribution in [2.75, 3.05) is 0 Å². The largest absolute Gasteiger partial charge is 0.310 e. The van der Waals surface area contributed by atoms with E-state index >= 15 is 0 Å². The average Bonchev–Trinajstić information content (AvgIpc) is 2.90. The van der Waals surface area contributed by atoms with Crippen LogP contribution < -0.4 is 5.32 Å². The summed E-state index contributed by atoms with van der Waals surface area (Å²) in [5.41, 5.74) is 0.782. The second kappa shape index (κ2) is 7.14. The fraction of sp³-hybridized carbons (Fsp3) is 0.467. The quantitative estimate of drug-likeness (QED) is 0.844. The molecule has 2 atom stereocenters. The molecule has 1 heterocycles. The lowest BCUT2D eigenvalue weighted by Gasteiger charge is -2.20. The predicted molar refractivity (Wildman–Crippen MR) is 76.8 cm³/mol. The number of nitrogens with zero attached hydrogens (tertiary/aromatic N) is 3. The molecule has 0 saturated heterocycles. The molecule has 0 fully saturated rings. The van der Waals surface area contributed by atoms with E-state index in [1.165, 1.54) is 12.4 Å². The van der Waals surface area contributed by atoms with E-state index in [1.54, 1.807) is 17.1 Å². The van der Waals surface area contributed by atoms with Crippen LogP contribution in [0, 0.1) is 5.82 Å². The monoisotopic (exact) mass is 276 g/mol. The average molecular weight is 276 g/mol. The Morgan fingerprint density at radius 2 is 2.05 bits per heavy atom. The summed E-state index contributed by atoms with van der Waals surface area (Å²) < 4.78 is 15.3. The van der Waals surface area contributed by atoms with Crippen LogP contribution in [0.3, 0.4) is 0 Å². The Balaban J connectivity index is 1.75. The highest BCUT2D eigenvalue weighted by Crippen LogP contribution is 2.10. The number of hydrogen-bond acceptors (Lipinski definition) is 3. The fourth-order valence-corrected chi connectivity index (χ4v) is 2.30. The number of benzene rings is 1. The van der Waals surface area contributed by atoms with Gasteiger partial charge in [-0.25, -0.2) is 9.37 Å². The van der Waals surface area contributed by atoms with E-state index in [4.69, 9.17) is 0 Å². The van der Waals surface area contributed by atoms with Crippen molar-refractivity contribution in [2.24, 2.45) is 0 Å². The van der Waals surface area contributed by atoms with Gasteiger partial charge in [0.15, 0.2) is 0 Å². The van der Waals surface area contributed by atoms with Crippen LogP contribution in [-0.4, -0.2) is 26.8 Å². The molecule has 0 aliphatic heterocycles. The van der Waals surface area contributed by atoms with Gasteiger partial charge in [-0.05, 0) is 38.3 Å². The second-order valence-electron chi connectivity index (χ2n) is 5.22. The van der Waals surface area contributed by atoms with E-state index in [1.807, 2.05) is 12.1 Å². The van der Waals surface area contributed by atoms with Gasteiger partial charge < -0.3 is 5.32 Å². The second-order valence-corrected chi connectivity index (χ2v) is 5.22. The van der Waals surface area contributed by atoms with Gasteiger partial charge in [-0.1, -0.05) is 18.2 Å². The van der Waals surface area contributed by atoms with Gasteiger partial charge in [0.1, 0.15) is 18.5 Å². The standard InChI is InChI=1S/C15H21FN4/c1-12(7-8-14-5-3-4-6-15(14)16)19-13(2)9-20-11-17-10-18-20/h3-6,10-13,19H,7-9H2,1-2H3/t12-,13+/m0/s1. The minimum Gasteiger partial charge on any atom is -0.310 e. The molecule has 4 nitrogen and oxygen atoms in total. The molecule has 1 aromatic heterocycles. The molecule has 5 heteroatoms. The van der Waals surface area contributed by atoms with Gasteiger partial charge in [-0.3, -0.25) is 4.68 Å². The molecule has 0 radical (unpaired) electrons. The molecule has 0 saturated carbocycles. The zero-order valence-electron chi connectivity index (χ0n) is 12.0. The summed E-state index contributed by atoms with van der Waals surface area (Å²) >= 11 is 0. The van der Waals surface area contributed by atoms with E-state index in [0.717, 1.165) is 24.9 Å². The first kappa shape index (κ1) is 14.7. The summed E-state index contributed by atoms with van der Waals surface area (Å²) in [5.74, 6) is -0.115. The summed E-state index contributed by atoms with van der Waals surface area (Å²) in [5, 5.41) is 7.58. The molecular formula is C15H21FN4. The molecule has 0 bridgehead atoms. The Labute approximate surface area is 119 Å². The highest BCUT2D eigenvalue weighted by molar-refractivity contribution is 5.17. The molecule has 0 unspecified atom stereocenters. The first-order valence-electron chi connectivity index (χ1n) is 6.97. The van der Waals surface area contributed by atoms with Crippen LogP contribution in [0.1, 0.15) is 25.8 Å². The van der Waals surface area contributed by atoms with Crippen molar-refractivity contribution in [3.8, 4) is 0 Å². The predicted octanol–water partition coefficient (Wildman–Crippen LogP) is 2.42. The molecule has 0 aliphatic rings. The maximum Gasteiger partial charge on any atom is 0.137 e. The van der Waals surface area contributed by atoms with E-state index in [9.17, 15) is 4.39 Å². The lowest BCUT2D eigenvalue weighted by molar-refractivity contribution is 0.393. The molecule has 0 amide bonds. The normalized spacial score (nSPS) is 14.2. The summed E-state index contributed by atoms with van der Waals surface area (Å²) in [6.07, 6.45) is 4.90. The summed E-state index contributed by atoms with van der Waals surface area (Å²) in [4.78, 5) is 3.92. The minimum atomic E-state index is -0.115. The highest BCUT2D eigenvalue weighted by atomic mass is 19.1. The summed E-state index contributed by atoms with van der Waals surface area (Å²) in [6.45, 7) is 5.02. The van der Waals surface area contributed by atoms with Crippen LogP contribution in [0.25, 0.3) is 0 Å². The van der Waals surface area contributed by atoms with Crippen LogP contribution >= 0.6 is 0 Å². The Kier molecular flexibility index (Phi) is 5.24. The molecule has 2 rings (SSSR count). The zero-order valence-corrected chi connectivity index (χ0v) is 12.0. The van der Waals surface area contributed by atoms with Crippen molar-refractivity contribution in [3.05, 3.63) is 48.3 Å². The van der Waals surface area contributed by atoms with Crippen molar-refractivity contribution in [3.63, 3.8) is 0 Å². The molecule has 1 aromatic carbocycles. The smallest absolute Gasteiger partial charge is 0.137 e. The van der Waals surface area contributed by atoms with Gasteiger partial charge in [-0.2, -0.15) is 5.10 Å². The molecular weight excluding hydrogens is 255 g/mol. The van der Waals surface area contributed by atoms with E-state index in [0.29, 0.717) is 12.1 Å². The summed E-state index contributed by atoms with van der Waals surface area (Å²) in [7, 11) is 0. The Hall–Kier alpha value is -1.75. The third kappa shape index (κ3) is 4.42. The highest BCUT2D eigenvalue weighted by Gasteiger charge is 2.09. The van der Waals surface area contributed by atoms with Gasteiger partial charge in [0.05, 0.1) is 6.54 Å². The number of rotatable bonds is 7. The van der Waals surface area contributed by atoms with Crippen LogP contribution in [0.5, 0.6) is 0 Å². The maximum atomic E-state index is 13.5. The van der Waals surface area contributed by atoms with Gasteiger partial charge in [0.25, 0.3) is 0 Å². The lowest BCUT2D eigenvalue weighted by Crippen LogP contribution is -2.37. The van der Waals surface area contributed by atoms with Gasteiger partial charge >= 0.3 is 0 Å². The Morgan fingerprint density at radius 3 is 2.75 bits per heavy atom. The van der Waals surface area contributed by atoms with E-state index < -0.39 is 0 Å². The number of halogens is 1. The number of aryl methyl sites for hydroxylation is 1. The molecule has 108 valence electrons. The van der Waals surface area contributed by atoms with Crippen molar-refractivity contribution < 1.29 is 4.39 Å².